The maximum absolute atomic E-state index is 14.0. The predicted molar refractivity (Wildman–Crippen MR) is 75.7 cm³/mol. The van der Waals surface area contributed by atoms with Gasteiger partial charge in [0.25, 0.3) is 0 Å². The number of aromatic nitrogens is 3. The van der Waals surface area contributed by atoms with E-state index in [1.54, 1.807) is 22.9 Å². The first-order valence-electron chi connectivity index (χ1n) is 5.91. The van der Waals surface area contributed by atoms with Crippen LogP contribution in [0.4, 0.5) is 4.39 Å². The smallest absolute Gasteiger partial charge is 0.184 e. The molecule has 0 aliphatic carbocycles. The number of hydrogen-bond acceptors (Lipinski definition) is 2. The maximum atomic E-state index is 14.0. The van der Waals surface area contributed by atoms with Crippen molar-refractivity contribution < 1.29 is 4.39 Å². The second kappa shape index (κ2) is 4.28. The lowest BCUT2D eigenvalue weighted by atomic mass is 10.2. The van der Waals surface area contributed by atoms with Crippen LogP contribution in [0.1, 0.15) is 11.1 Å². The predicted octanol–water partition coefficient (Wildman–Crippen LogP) is 3.84. The van der Waals surface area contributed by atoms with Gasteiger partial charge in [-0.25, -0.2) is 9.37 Å². The van der Waals surface area contributed by atoms with E-state index in [2.05, 4.69) is 9.97 Å². The molecule has 19 heavy (non-hydrogen) atoms. The zero-order valence-corrected chi connectivity index (χ0v) is 11.4. The molecule has 1 N–H and O–H groups in total. The number of nitrogens with one attached hydrogen (secondary N) is 1. The SMILES string of the molecule is Cc1ccc(F)c(-n2c(=S)[nH]c3c(C)ccnc32)c1. The molecule has 2 heterocycles. The van der Waals surface area contributed by atoms with E-state index < -0.39 is 0 Å². The summed E-state index contributed by atoms with van der Waals surface area (Å²) in [5, 5.41) is 0. The standard InChI is InChI=1S/C14H12FN3S/c1-8-3-4-10(15)11(7-8)18-13-12(17-14(18)19)9(2)5-6-16-13/h3-7H,1-2H3,(H,17,19). The molecule has 5 heteroatoms. The highest BCUT2D eigenvalue weighted by molar-refractivity contribution is 7.71. The van der Waals surface area contributed by atoms with Gasteiger partial charge in [0.2, 0.25) is 0 Å². The van der Waals surface area contributed by atoms with Crippen molar-refractivity contribution in [1.82, 2.24) is 14.5 Å². The number of H-pyrrole nitrogens is 1. The Morgan fingerprint density at radius 3 is 2.84 bits per heavy atom. The van der Waals surface area contributed by atoms with Crippen molar-refractivity contribution in [2.24, 2.45) is 0 Å². The number of benzene rings is 1. The summed E-state index contributed by atoms with van der Waals surface area (Å²) in [4.78, 5) is 7.40. The molecule has 0 spiro atoms. The Labute approximate surface area is 114 Å². The molecular formula is C14H12FN3S. The molecule has 0 aliphatic heterocycles. The Morgan fingerprint density at radius 2 is 2.05 bits per heavy atom. The Kier molecular flexibility index (Phi) is 2.71. The van der Waals surface area contributed by atoms with Crippen LogP contribution in [0.15, 0.2) is 30.5 Å². The van der Waals surface area contributed by atoms with Crippen LogP contribution in [-0.4, -0.2) is 14.5 Å². The van der Waals surface area contributed by atoms with Crippen LogP contribution in [0.5, 0.6) is 0 Å². The number of fused-ring (bicyclic) bond motifs is 1. The van der Waals surface area contributed by atoms with Crippen molar-refractivity contribution in [3.05, 3.63) is 52.2 Å². The Hall–Kier alpha value is -2.01. The van der Waals surface area contributed by atoms with Crippen LogP contribution < -0.4 is 0 Å². The van der Waals surface area contributed by atoms with Gasteiger partial charge in [-0.2, -0.15) is 0 Å². The second-order valence-corrected chi connectivity index (χ2v) is 4.93. The number of pyridine rings is 1. The Balaban J connectivity index is 2.43. The summed E-state index contributed by atoms with van der Waals surface area (Å²) in [5.74, 6) is -0.314. The van der Waals surface area contributed by atoms with Crippen LogP contribution in [0.25, 0.3) is 16.9 Å². The van der Waals surface area contributed by atoms with Gasteiger partial charge in [0, 0.05) is 6.20 Å². The largest absolute Gasteiger partial charge is 0.329 e. The van der Waals surface area contributed by atoms with E-state index >= 15 is 0 Å². The fourth-order valence-corrected chi connectivity index (χ4v) is 2.43. The van der Waals surface area contributed by atoms with E-state index in [4.69, 9.17) is 12.2 Å². The molecule has 0 amide bonds. The highest BCUT2D eigenvalue weighted by atomic mass is 32.1. The minimum Gasteiger partial charge on any atom is -0.329 e. The van der Waals surface area contributed by atoms with Gasteiger partial charge in [0.05, 0.1) is 11.2 Å². The number of hydrogen-bond donors (Lipinski definition) is 1. The molecule has 1 aromatic carbocycles. The normalized spacial score (nSPS) is 11.1. The molecule has 0 unspecified atom stereocenters. The summed E-state index contributed by atoms with van der Waals surface area (Å²) in [5.41, 5.74) is 3.92. The summed E-state index contributed by atoms with van der Waals surface area (Å²) >= 11 is 5.30. The van der Waals surface area contributed by atoms with Gasteiger partial charge >= 0.3 is 0 Å². The van der Waals surface area contributed by atoms with Crippen molar-refractivity contribution in [3.63, 3.8) is 0 Å². The third-order valence-corrected chi connectivity index (χ3v) is 3.41. The lowest BCUT2D eigenvalue weighted by Crippen LogP contribution is -1.99. The van der Waals surface area contributed by atoms with Gasteiger partial charge < -0.3 is 4.98 Å². The zero-order valence-electron chi connectivity index (χ0n) is 10.6. The Morgan fingerprint density at radius 1 is 1.26 bits per heavy atom. The van der Waals surface area contributed by atoms with Gasteiger partial charge in [0.1, 0.15) is 5.82 Å². The van der Waals surface area contributed by atoms with Crippen LogP contribution in [-0.2, 0) is 0 Å². The maximum Gasteiger partial charge on any atom is 0.184 e. The number of imidazole rings is 1. The van der Waals surface area contributed by atoms with E-state index in [0.717, 1.165) is 16.6 Å². The molecule has 0 saturated heterocycles. The quantitative estimate of drug-likeness (QED) is 0.683. The molecule has 3 aromatic rings. The third kappa shape index (κ3) is 1.86. The fourth-order valence-electron chi connectivity index (χ4n) is 2.14. The van der Waals surface area contributed by atoms with Gasteiger partial charge in [-0.3, -0.25) is 4.57 Å². The monoisotopic (exact) mass is 273 g/mol. The molecule has 0 radical (unpaired) electrons. The van der Waals surface area contributed by atoms with Crippen LogP contribution in [0.3, 0.4) is 0 Å². The first-order valence-corrected chi connectivity index (χ1v) is 6.31. The van der Waals surface area contributed by atoms with Crippen molar-refractivity contribution in [2.75, 3.05) is 0 Å². The third-order valence-electron chi connectivity index (χ3n) is 3.13. The molecule has 0 atom stereocenters. The van der Waals surface area contributed by atoms with E-state index in [1.807, 2.05) is 19.9 Å². The topological polar surface area (TPSA) is 33.6 Å². The summed E-state index contributed by atoms with van der Waals surface area (Å²) < 4.78 is 16.1. The molecule has 0 saturated carbocycles. The highest BCUT2D eigenvalue weighted by Gasteiger charge is 2.12. The van der Waals surface area contributed by atoms with Crippen LogP contribution in [0.2, 0.25) is 0 Å². The molecule has 0 bridgehead atoms. The van der Waals surface area contributed by atoms with Crippen LogP contribution >= 0.6 is 12.2 Å². The molecular weight excluding hydrogens is 261 g/mol. The van der Waals surface area contributed by atoms with Gasteiger partial charge in [-0.05, 0) is 55.4 Å². The van der Waals surface area contributed by atoms with E-state index in [1.165, 1.54) is 6.07 Å². The van der Waals surface area contributed by atoms with Crippen molar-refractivity contribution in [1.29, 1.82) is 0 Å². The molecule has 96 valence electrons. The molecule has 3 nitrogen and oxygen atoms in total. The van der Waals surface area contributed by atoms with Crippen molar-refractivity contribution in [2.45, 2.75) is 13.8 Å². The number of aryl methyl sites for hydroxylation is 2. The number of aromatic amines is 1. The minimum absolute atomic E-state index is 0.314. The molecule has 3 rings (SSSR count). The average Bonchev–Trinajstić information content (AvgIpc) is 2.70. The second-order valence-electron chi connectivity index (χ2n) is 4.55. The molecule has 0 fully saturated rings. The molecule has 2 aromatic heterocycles. The first kappa shape index (κ1) is 12.0. The number of rotatable bonds is 1. The summed E-state index contributed by atoms with van der Waals surface area (Å²) in [7, 11) is 0. The van der Waals surface area contributed by atoms with Crippen LogP contribution in [0, 0.1) is 24.4 Å². The fraction of sp³-hybridized carbons (Fsp3) is 0.143. The van der Waals surface area contributed by atoms with E-state index in [9.17, 15) is 4.39 Å². The number of halogens is 1. The van der Waals surface area contributed by atoms with Gasteiger partial charge in [-0.15, -0.1) is 0 Å². The van der Waals surface area contributed by atoms with E-state index in [0.29, 0.717) is 16.1 Å². The first-order chi connectivity index (χ1) is 9.08. The summed E-state index contributed by atoms with van der Waals surface area (Å²) in [6, 6.07) is 6.84. The zero-order chi connectivity index (χ0) is 13.6. The van der Waals surface area contributed by atoms with Gasteiger partial charge in [0.15, 0.2) is 10.4 Å². The van der Waals surface area contributed by atoms with Crippen molar-refractivity contribution >= 4 is 23.4 Å². The minimum atomic E-state index is -0.314. The van der Waals surface area contributed by atoms with Gasteiger partial charge in [-0.1, -0.05) is 6.07 Å². The Bertz CT molecular complexity index is 832. The summed E-state index contributed by atoms with van der Waals surface area (Å²) in [6.07, 6.45) is 1.70. The average molecular weight is 273 g/mol. The van der Waals surface area contributed by atoms with E-state index in [-0.39, 0.29) is 5.82 Å². The lowest BCUT2D eigenvalue weighted by Gasteiger charge is -2.06. The highest BCUT2D eigenvalue weighted by Crippen LogP contribution is 2.22. The van der Waals surface area contributed by atoms with Crippen molar-refractivity contribution in [3.8, 4) is 5.69 Å². The number of nitrogens with zero attached hydrogens (tertiary/aromatic N) is 2. The molecule has 0 aliphatic rings. The lowest BCUT2D eigenvalue weighted by molar-refractivity contribution is 0.618. The summed E-state index contributed by atoms with van der Waals surface area (Å²) in [6.45, 7) is 3.88.